The Bertz CT molecular complexity index is 1030. The first-order valence-electron chi connectivity index (χ1n) is 9.26. The molecule has 2 heterocycles. The minimum atomic E-state index is -0.984. The van der Waals surface area contributed by atoms with Crippen molar-refractivity contribution >= 4 is 11.5 Å². The number of fused-ring (bicyclic) bond motifs is 3. The van der Waals surface area contributed by atoms with Crippen LogP contribution in [-0.4, -0.2) is 40.9 Å². The maximum Gasteiger partial charge on any atom is 0.333 e. The predicted molar refractivity (Wildman–Crippen MR) is 109 cm³/mol. The maximum absolute atomic E-state index is 11.2. The Balaban J connectivity index is 1.51. The number of rotatable bonds is 7. The number of hydrogen-bond donors (Lipinski definition) is 1. The van der Waals surface area contributed by atoms with Crippen LogP contribution in [0.25, 0.3) is 16.7 Å². The van der Waals surface area contributed by atoms with Gasteiger partial charge >= 0.3 is 5.97 Å². The van der Waals surface area contributed by atoms with E-state index in [2.05, 4.69) is 9.97 Å². The summed E-state index contributed by atoms with van der Waals surface area (Å²) in [5.74, 6) is -0.317. The molecule has 1 N–H and O–H groups in total. The van der Waals surface area contributed by atoms with E-state index in [1.807, 2.05) is 54.6 Å². The van der Waals surface area contributed by atoms with E-state index in [1.165, 1.54) is 7.11 Å². The molecule has 1 atom stereocenters. The highest BCUT2D eigenvalue weighted by atomic mass is 16.5. The van der Waals surface area contributed by atoms with Crippen LogP contribution in [0.15, 0.2) is 67.0 Å². The van der Waals surface area contributed by atoms with Gasteiger partial charge in [0.15, 0.2) is 6.10 Å². The first-order valence-corrected chi connectivity index (χ1v) is 9.26. The largest absolute Gasteiger partial charge is 0.489 e. The third-order valence-corrected chi connectivity index (χ3v) is 4.83. The van der Waals surface area contributed by atoms with Gasteiger partial charge in [-0.1, -0.05) is 24.3 Å². The lowest BCUT2D eigenvalue weighted by atomic mass is 10.1. The lowest BCUT2D eigenvalue weighted by Crippen LogP contribution is -2.24. The average Bonchev–Trinajstić information content (AvgIpc) is 3.06. The average molecular weight is 388 g/mol. The lowest BCUT2D eigenvalue weighted by Gasteiger charge is -2.11. The molecule has 6 nitrogen and oxygen atoms in total. The van der Waals surface area contributed by atoms with Crippen LogP contribution in [0, 0.1) is 0 Å². The number of aromatic nitrogens is 2. The van der Waals surface area contributed by atoms with Crippen molar-refractivity contribution in [3.8, 4) is 16.9 Å². The van der Waals surface area contributed by atoms with Gasteiger partial charge in [-0.3, -0.25) is 9.97 Å². The van der Waals surface area contributed by atoms with Crippen LogP contribution in [-0.2, 0) is 16.0 Å². The van der Waals surface area contributed by atoms with Crippen LogP contribution in [0.3, 0.4) is 0 Å². The zero-order valence-electron chi connectivity index (χ0n) is 15.9. The van der Waals surface area contributed by atoms with Gasteiger partial charge in [-0.05, 0) is 35.9 Å². The molecule has 2 aromatic heterocycles. The van der Waals surface area contributed by atoms with E-state index in [0.29, 0.717) is 12.4 Å². The summed E-state index contributed by atoms with van der Waals surface area (Å²) in [6.07, 6.45) is 4.93. The molecule has 0 fully saturated rings. The molecule has 0 saturated heterocycles. The fraction of sp³-hybridized carbons (Fsp3) is 0.174. The highest BCUT2D eigenvalue weighted by Gasteiger charge is 2.25. The second-order valence-electron chi connectivity index (χ2n) is 6.64. The van der Waals surface area contributed by atoms with Crippen LogP contribution < -0.4 is 4.74 Å². The van der Waals surface area contributed by atoms with Crippen LogP contribution in [0.5, 0.6) is 5.75 Å². The zero-order chi connectivity index (χ0) is 20.2. The summed E-state index contributed by atoms with van der Waals surface area (Å²) < 4.78 is 10.9. The quantitative estimate of drug-likeness (QED) is 0.521. The molecule has 0 bridgehead atoms. The molecule has 0 aliphatic heterocycles. The second kappa shape index (κ2) is 8.24. The second-order valence-corrected chi connectivity index (χ2v) is 6.64. The van der Waals surface area contributed by atoms with Crippen LogP contribution in [0.1, 0.15) is 17.0 Å². The van der Waals surface area contributed by atoms with Crippen LogP contribution in [0.2, 0.25) is 0 Å². The van der Waals surface area contributed by atoms with Crippen LogP contribution in [0.4, 0.5) is 0 Å². The monoisotopic (exact) mass is 388 g/mol. The molecule has 0 saturated carbocycles. The van der Waals surface area contributed by atoms with Crippen molar-refractivity contribution in [2.45, 2.75) is 12.5 Å². The standard InChI is InChI=1S/C23H20N2O4/c1-28-20(23(26)27)14-15-5-2-6-16(13-15)29-12-9-19-21-17(7-3-10-24-21)18-8-4-11-25-22(18)19/h2-11,13,20H,12,14H2,1H3,(H,26,27). The highest BCUT2D eigenvalue weighted by Crippen LogP contribution is 2.41. The van der Waals surface area contributed by atoms with E-state index in [4.69, 9.17) is 14.6 Å². The van der Waals surface area contributed by atoms with Crippen molar-refractivity contribution < 1.29 is 19.4 Å². The Kier molecular flexibility index (Phi) is 5.35. The predicted octanol–water partition coefficient (Wildman–Crippen LogP) is 3.61. The zero-order valence-corrected chi connectivity index (χ0v) is 15.9. The molecule has 146 valence electrons. The number of benzene rings is 1. The first kappa shape index (κ1) is 18.8. The number of methoxy groups -OCH3 is 1. The van der Waals surface area contributed by atoms with E-state index in [0.717, 1.165) is 33.7 Å². The Morgan fingerprint density at radius 3 is 2.38 bits per heavy atom. The van der Waals surface area contributed by atoms with Gasteiger partial charge in [0.2, 0.25) is 0 Å². The molecule has 0 spiro atoms. The van der Waals surface area contributed by atoms with E-state index < -0.39 is 12.1 Å². The number of pyridine rings is 2. The van der Waals surface area contributed by atoms with Crippen molar-refractivity contribution in [3.63, 3.8) is 0 Å². The Morgan fingerprint density at radius 2 is 1.76 bits per heavy atom. The lowest BCUT2D eigenvalue weighted by molar-refractivity contribution is -0.148. The van der Waals surface area contributed by atoms with Gasteiger partial charge in [0, 0.05) is 42.6 Å². The summed E-state index contributed by atoms with van der Waals surface area (Å²) >= 11 is 0. The fourth-order valence-corrected chi connectivity index (χ4v) is 3.45. The minimum Gasteiger partial charge on any atom is -0.489 e. The van der Waals surface area contributed by atoms with Gasteiger partial charge in [-0.2, -0.15) is 0 Å². The minimum absolute atomic E-state index is 0.277. The van der Waals surface area contributed by atoms with Crippen molar-refractivity contribution in [2.75, 3.05) is 13.7 Å². The number of carboxylic acid groups (broad SMARTS) is 1. The third kappa shape index (κ3) is 3.88. The van der Waals surface area contributed by atoms with Crippen molar-refractivity contribution in [1.82, 2.24) is 9.97 Å². The van der Waals surface area contributed by atoms with Gasteiger partial charge in [0.1, 0.15) is 12.4 Å². The number of nitrogens with zero attached hydrogens (tertiary/aromatic N) is 2. The molecule has 1 aliphatic rings. The number of carboxylic acids is 1. The summed E-state index contributed by atoms with van der Waals surface area (Å²) in [4.78, 5) is 20.2. The summed E-state index contributed by atoms with van der Waals surface area (Å²) in [7, 11) is 1.39. The van der Waals surface area contributed by atoms with Gasteiger partial charge in [-0.15, -0.1) is 0 Å². The third-order valence-electron chi connectivity index (χ3n) is 4.83. The summed E-state index contributed by atoms with van der Waals surface area (Å²) in [5, 5.41) is 9.15. The summed E-state index contributed by atoms with van der Waals surface area (Å²) in [6, 6.07) is 15.3. The Labute approximate surface area is 168 Å². The summed E-state index contributed by atoms with van der Waals surface area (Å²) in [6.45, 7) is 0.345. The van der Waals surface area contributed by atoms with Gasteiger partial charge < -0.3 is 14.6 Å². The number of ether oxygens (including phenoxy) is 2. The molecule has 1 aliphatic carbocycles. The molecule has 1 unspecified atom stereocenters. The topological polar surface area (TPSA) is 81.5 Å². The van der Waals surface area contributed by atoms with Crippen molar-refractivity contribution in [1.29, 1.82) is 0 Å². The smallest absolute Gasteiger partial charge is 0.333 e. The van der Waals surface area contributed by atoms with Gasteiger partial charge in [0.25, 0.3) is 0 Å². The van der Waals surface area contributed by atoms with E-state index in [9.17, 15) is 4.79 Å². The molecule has 4 rings (SSSR count). The molecule has 0 amide bonds. The Morgan fingerprint density at radius 1 is 1.07 bits per heavy atom. The van der Waals surface area contributed by atoms with Crippen LogP contribution >= 0.6 is 0 Å². The number of carbonyl (C=O) groups is 1. The molecule has 1 aromatic carbocycles. The SMILES string of the molecule is COC(Cc1cccc(OCC=C2c3ncccc3-c3cccnc32)c1)C(=O)O. The Hall–Kier alpha value is -3.51. The maximum atomic E-state index is 11.2. The summed E-state index contributed by atoms with van der Waals surface area (Å²) in [5.41, 5.74) is 5.75. The van der Waals surface area contributed by atoms with Crippen molar-refractivity contribution in [2.24, 2.45) is 0 Å². The van der Waals surface area contributed by atoms with Gasteiger partial charge in [-0.25, -0.2) is 4.79 Å². The van der Waals surface area contributed by atoms with E-state index in [1.54, 1.807) is 12.4 Å². The molecular weight excluding hydrogens is 368 g/mol. The van der Waals surface area contributed by atoms with Crippen molar-refractivity contribution in [3.05, 3.63) is 84.0 Å². The molecule has 29 heavy (non-hydrogen) atoms. The normalized spacial score (nSPS) is 12.8. The number of aliphatic carboxylic acids is 1. The van der Waals surface area contributed by atoms with E-state index >= 15 is 0 Å². The van der Waals surface area contributed by atoms with E-state index in [-0.39, 0.29) is 6.42 Å². The fourth-order valence-electron chi connectivity index (χ4n) is 3.45. The molecule has 6 heteroatoms. The van der Waals surface area contributed by atoms with Gasteiger partial charge in [0.05, 0.1) is 11.4 Å². The highest BCUT2D eigenvalue weighted by molar-refractivity contribution is 5.98. The molecule has 3 aromatic rings. The number of hydrogen-bond acceptors (Lipinski definition) is 5. The molecular formula is C23H20N2O4. The molecule has 0 radical (unpaired) electrons. The first-order chi connectivity index (χ1) is 14.2.